The van der Waals surface area contributed by atoms with E-state index in [4.69, 9.17) is 5.73 Å². The molecule has 0 atom stereocenters. The minimum Gasteiger partial charge on any atom is -0.369 e. The number of likely N-dealkylation sites (tertiary alicyclic amines) is 1. The van der Waals surface area contributed by atoms with Crippen molar-refractivity contribution in [3.8, 4) is 5.82 Å². The molecular formula is C18H21F2N9. The first-order valence-corrected chi connectivity index (χ1v) is 9.32. The molecule has 9 nitrogen and oxygen atoms in total. The summed E-state index contributed by atoms with van der Waals surface area (Å²) in [5, 5.41) is 10.2. The van der Waals surface area contributed by atoms with E-state index in [1.165, 1.54) is 29.9 Å². The third-order valence-corrected chi connectivity index (χ3v) is 4.61. The molecular weight excluding hydrogens is 380 g/mol. The summed E-state index contributed by atoms with van der Waals surface area (Å²) in [7, 11) is 0. The number of benzene rings is 1. The first kappa shape index (κ1) is 19.0. The number of aromatic nitrogens is 5. The number of nitrogens with zero attached hydrogens (tertiary/aromatic N) is 6. The SMILES string of the molecule is Nc1nc(Nc2ccc(F)cc2F)nn1-c1cc(NCCN2CCCC2)ncn1. The number of nitrogens with one attached hydrogen (secondary N) is 2. The van der Waals surface area contributed by atoms with Crippen LogP contribution in [0.15, 0.2) is 30.6 Å². The second-order valence-corrected chi connectivity index (χ2v) is 6.69. The maximum Gasteiger partial charge on any atom is 0.248 e. The van der Waals surface area contributed by atoms with Crippen LogP contribution in [0.25, 0.3) is 5.82 Å². The van der Waals surface area contributed by atoms with Crippen LogP contribution in [-0.2, 0) is 0 Å². The molecule has 29 heavy (non-hydrogen) atoms. The average molecular weight is 401 g/mol. The second-order valence-electron chi connectivity index (χ2n) is 6.69. The molecule has 0 saturated carbocycles. The Hall–Kier alpha value is -3.34. The molecule has 0 aliphatic carbocycles. The number of halogens is 2. The first-order valence-electron chi connectivity index (χ1n) is 9.32. The Morgan fingerprint density at radius 2 is 1.93 bits per heavy atom. The van der Waals surface area contributed by atoms with Crippen molar-refractivity contribution in [2.24, 2.45) is 0 Å². The van der Waals surface area contributed by atoms with Crippen molar-refractivity contribution in [3.05, 3.63) is 42.2 Å². The summed E-state index contributed by atoms with van der Waals surface area (Å²) in [4.78, 5) is 14.8. The third kappa shape index (κ3) is 4.57. The van der Waals surface area contributed by atoms with Crippen molar-refractivity contribution < 1.29 is 8.78 Å². The van der Waals surface area contributed by atoms with E-state index < -0.39 is 11.6 Å². The molecule has 0 unspecified atom stereocenters. The Labute approximate surface area is 166 Å². The van der Waals surface area contributed by atoms with Gasteiger partial charge in [-0.15, -0.1) is 5.10 Å². The average Bonchev–Trinajstić information content (AvgIpc) is 3.34. The summed E-state index contributed by atoms with van der Waals surface area (Å²) in [5.74, 6) is -0.236. The number of hydrogen-bond acceptors (Lipinski definition) is 8. The van der Waals surface area contributed by atoms with E-state index in [2.05, 4.69) is 35.6 Å². The van der Waals surface area contributed by atoms with Gasteiger partial charge in [-0.3, -0.25) is 0 Å². The quantitative estimate of drug-likeness (QED) is 0.553. The highest BCUT2D eigenvalue weighted by molar-refractivity contribution is 5.55. The maximum atomic E-state index is 13.8. The zero-order chi connectivity index (χ0) is 20.2. The van der Waals surface area contributed by atoms with Gasteiger partial charge in [-0.1, -0.05) is 0 Å². The van der Waals surface area contributed by atoms with Crippen LogP contribution >= 0.6 is 0 Å². The molecule has 3 heterocycles. The summed E-state index contributed by atoms with van der Waals surface area (Å²) in [6.07, 6.45) is 3.91. The minimum absolute atomic E-state index is 0.0375. The van der Waals surface area contributed by atoms with Gasteiger partial charge in [0.2, 0.25) is 11.9 Å². The summed E-state index contributed by atoms with van der Waals surface area (Å²) in [6, 6.07) is 4.87. The molecule has 0 amide bonds. The lowest BCUT2D eigenvalue weighted by molar-refractivity contribution is 0.352. The van der Waals surface area contributed by atoms with Gasteiger partial charge in [-0.05, 0) is 38.1 Å². The molecule has 4 N–H and O–H groups in total. The Balaban J connectivity index is 1.45. The van der Waals surface area contributed by atoms with Gasteiger partial charge in [0.25, 0.3) is 0 Å². The van der Waals surface area contributed by atoms with Gasteiger partial charge >= 0.3 is 0 Å². The minimum atomic E-state index is -0.758. The van der Waals surface area contributed by atoms with Gasteiger partial charge in [0.05, 0.1) is 5.69 Å². The van der Waals surface area contributed by atoms with Gasteiger partial charge in [0, 0.05) is 25.2 Å². The lowest BCUT2D eigenvalue weighted by Crippen LogP contribution is -2.26. The van der Waals surface area contributed by atoms with Crippen molar-refractivity contribution in [1.82, 2.24) is 29.6 Å². The van der Waals surface area contributed by atoms with Crippen molar-refractivity contribution in [1.29, 1.82) is 0 Å². The predicted molar refractivity (Wildman–Crippen MR) is 105 cm³/mol. The van der Waals surface area contributed by atoms with Crippen LogP contribution in [0.4, 0.5) is 32.2 Å². The first-order chi connectivity index (χ1) is 14.1. The summed E-state index contributed by atoms with van der Waals surface area (Å²) >= 11 is 0. The largest absolute Gasteiger partial charge is 0.369 e. The molecule has 0 bridgehead atoms. The summed E-state index contributed by atoms with van der Waals surface area (Å²) < 4.78 is 28.2. The lowest BCUT2D eigenvalue weighted by atomic mass is 10.3. The van der Waals surface area contributed by atoms with Crippen LogP contribution in [0.3, 0.4) is 0 Å². The Bertz CT molecular complexity index is 985. The van der Waals surface area contributed by atoms with Gasteiger partial charge in [0.15, 0.2) is 5.82 Å². The van der Waals surface area contributed by atoms with E-state index in [1.54, 1.807) is 6.07 Å². The van der Waals surface area contributed by atoms with E-state index in [1.807, 2.05) is 0 Å². The molecule has 1 aromatic carbocycles. The Morgan fingerprint density at radius 1 is 1.10 bits per heavy atom. The normalized spacial score (nSPS) is 14.3. The standard InChI is InChI=1S/C18H21F2N9/c19-12-3-4-14(13(20)9-12)25-18-26-17(21)29(27-18)16-10-15(23-11-24-16)22-5-8-28-6-1-2-7-28/h3-4,9-11H,1-2,5-8H2,(H,22,23,24)(H3,21,25,26,27). The van der Waals surface area contributed by atoms with Crippen LogP contribution in [0.1, 0.15) is 12.8 Å². The predicted octanol–water partition coefficient (Wildman–Crippen LogP) is 2.17. The van der Waals surface area contributed by atoms with Gasteiger partial charge in [-0.2, -0.15) is 9.67 Å². The van der Waals surface area contributed by atoms with Crippen LogP contribution in [0.2, 0.25) is 0 Å². The molecule has 3 aromatic rings. The number of nitrogens with two attached hydrogens (primary N) is 1. The zero-order valence-corrected chi connectivity index (χ0v) is 15.6. The van der Waals surface area contributed by atoms with Gasteiger partial charge < -0.3 is 21.3 Å². The van der Waals surface area contributed by atoms with E-state index >= 15 is 0 Å². The van der Waals surface area contributed by atoms with Crippen LogP contribution in [0.5, 0.6) is 0 Å². The van der Waals surface area contributed by atoms with E-state index in [0.29, 0.717) is 11.6 Å². The number of anilines is 4. The van der Waals surface area contributed by atoms with Crippen LogP contribution in [-0.4, -0.2) is 55.8 Å². The van der Waals surface area contributed by atoms with Gasteiger partial charge in [-0.25, -0.2) is 18.7 Å². The van der Waals surface area contributed by atoms with Crippen molar-refractivity contribution >= 4 is 23.4 Å². The highest BCUT2D eigenvalue weighted by atomic mass is 19.1. The number of hydrogen-bond donors (Lipinski definition) is 3. The highest BCUT2D eigenvalue weighted by Crippen LogP contribution is 2.20. The molecule has 2 aromatic heterocycles. The van der Waals surface area contributed by atoms with Crippen LogP contribution in [0, 0.1) is 11.6 Å². The van der Waals surface area contributed by atoms with E-state index in [9.17, 15) is 8.78 Å². The third-order valence-electron chi connectivity index (χ3n) is 4.61. The lowest BCUT2D eigenvalue weighted by Gasteiger charge is -2.15. The van der Waals surface area contributed by atoms with Crippen molar-refractivity contribution in [2.75, 3.05) is 42.5 Å². The Kier molecular flexibility index (Phi) is 5.47. The molecule has 1 aliphatic rings. The topological polar surface area (TPSA) is 110 Å². The van der Waals surface area contributed by atoms with E-state index in [0.717, 1.165) is 38.3 Å². The van der Waals surface area contributed by atoms with Gasteiger partial charge in [0.1, 0.15) is 23.8 Å². The molecule has 0 spiro atoms. The molecule has 1 fully saturated rings. The number of rotatable bonds is 7. The smallest absolute Gasteiger partial charge is 0.248 e. The molecule has 1 saturated heterocycles. The number of nitrogen functional groups attached to an aromatic ring is 1. The highest BCUT2D eigenvalue weighted by Gasteiger charge is 2.14. The summed E-state index contributed by atoms with van der Waals surface area (Å²) in [6.45, 7) is 3.98. The molecule has 1 aliphatic heterocycles. The fourth-order valence-electron chi connectivity index (χ4n) is 3.16. The van der Waals surface area contributed by atoms with Crippen LogP contribution < -0.4 is 16.4 Å². The second kappa shape index (κ2) is 8.35. The summed E-state index contributed by atoms with van der Waals surface area (Å²) in [5.41, 5.74) is 5.97. The molecule has 4 rings (SSSR count). The Morgan fingerprint density at radius 3 is 2.72 bits per heavy atom. The maximum absolute atomic E-state index is 13.8. The fourth-order valence-corrected chi connectivity index (χ4v) is 3.16. The fraction of sp³-hybridized carbons (Fsp3) is 0.333. The zero-order valence-electron chi connectivity index (χ0n) is 15.6. The molecule has 0 radical (unpaired) electrons. The van der Waals surface area contributed by atoms with Crippen molar-refractivity contribution in [3.63, 3.8) is 0 Å². The molecule has 11 heteroatoms. The monoisotopic (exact) mass is 401 g/mol. The van der Waals surface area contributed by atoms with Crippen molar-refractivity contribution in [2.45, 2.75) is 12.8 Å². The van der Waals surface area contributed by atoms with E-state index in [-0.39, 0.29) is 17.6 Å². The molecule has 152 valence electrons.